The van der Waals surface area contributed by atoms with Crippen molar-refractivity contribution in [1.29, 1.82) is 0 Å². The van der Waals surface area contributed by atoms with Gasteiger partial charge in [-0.3, -0.25) is 24.0 Å². The fourth-order valence-electron chi connectivity index (χ4n) is 6.95. The third-order valence-electron chi connectivity index (χ3n) is 9.65. The first-order valence-electron chi connectivity index (χ1n) is 16.9. The number of benzene rings is 2. The van der Waals surface area contributed by atoms with Gasteiger partial charge in [-0.15, -0.1) is 23.5 Å². The number of fused-ring (bicyclic) bond motifs is 3. The van der Waals surface area contributed by atoms with Gasteiger partial charge in [-0.2, -0.15) is 0 Å². The molecule has 1 fully saturated rings. The predicted molar refractivity (Wildman–Crippen MR) is 192 cm³/mol. The molecule has 6 atom stereocenters. The van der Waals surface area contributed by atoms with Crippen LogP contribution in [0.4, 0.5) is 0 Å². The van der Waals surface area contributed by atoms with Gasteiger partial charge in [0.1, 0.15) is 35.6 Å². The van der Waals surface area contributed by atoms with E-state index in [2.05, 4.69) is 5.32 Å². The molecule has 0 bridgehead atoms. The highest BCUT2D eigenvalue weighted by molar-refractivity contribution is 8.18. The van der Waals surface area contributed by atoms with Gasteiger partial charge < -0.3 is 50.2 Å². The van der Waals surface area contributed by atoms with E-state index in [-0.39, 0.29) is 57.3 Å². The highest BCUT2D eigenvalue weighted by Crippen LogP contribution is 2.52. The Morgan fingerprint density at radius 3 is 2.34 bits per heavy atom. The van der Waals surface area contributed by atoms with Crippen molar-refractivity contribution in [3.63, 3.8) is 0 Å². The number of Topliss-reactive ketones (excluding diaryl/α,β-unsaturated/α-hetero) is 1. The van der Waals surface area contributed by atoms with E-state index < -0.39 is 102 Å². The zero-order chi connectivity index (χ0) is 39.0. The largest absolute Gasteiger partial charge is 0.507 e. The van der Waals surface area contributed by atoms with Crippen LogP contribution in [-0.4, -0.2) is 119 Å². The van der Waals surface area contributed by atoms with Crippen molar-refractivity contribution in [2.24, 2.45) is 0 Å². The zero-order valence-corrected chi connectivity index (χ0v) is 31.2. The normalized spacial score (nSPS) is 25.2. The highest BCUT2D eigenvalue weighted by atomic mass is 32.2. The first-order valence-corrected chi connectivity index (χ1v) is 18.9. The topological polar surface area (TPSA) is 246 Å². The van der Waals surface area contributed by atoms with E-state index in [0.717, 1.165) is 0 Å². The lowest BCUT2D eigenvalue weighted by Gasteiger charge is -2.43. The van der Waals surface area contributed by atoms with Gasteiger partial charge in [-0.1, -0.05) is 12.1 Å². The van der Waals surface area contributed by atoms with Crippen LogP contribution in [0.5, 0.6) is 17.2 Å². The maximum Gasteiger partial charge on any atom is 0.304 e. The van der Waals surface area contributed by atoms with E-state index >= 15 is 0 Å². The number of hydrogen-bond donors (Lipinski definition) is 7. The van der Waals surface area contributed by atoms with Crippen LogP contribution in [0.25, 0.3) is 0 Å². The summed E-state index contributed by atoms with van der Waals surface area (Å²) in [5.41, 5.74) is -4.02. The van der Waals surface area contributed by atoms with Crippen LogP contribution in [0.15, 0.2) is 18.2 Å². The summed E-state index contributed by atoms with van der Waals surface area (Å²) in [6.07, 6.45) is -5.95. The molecule has 2 aromatic rings. The maximum absolute atomic E-state index is 13.9. The predicted octanol–water partition coefficient (Wildman–Crippen LogP) is 2.23. The van der Waals surface area contributed by atoms with Gasteiger partial charge in [-0.25, -0.2) is 0 Å². The molecule has 2 aromatic carbocycles. The van der Waals surface area contributed by atoms with Crippen LogP contribution in [0.3, 0.4) is 0 Å². The summed E-state index contributed by atoms with van der Waals surface area (Å²) in [4.78, 5) is 64.4. The number of carboxylic acid groups (broad SMARTS) is 1. The van der Waals surface area contributed by atoms with E-state index in [9.17, 15) is 49.5 Å². The molecular formula is C36H43NO14S2. The van der Waals surface area contributed by atoms with Gasteiger partial charge in [0.15, 0.2) is 17.9 Å². The van der Waals surface area contributed by atoms with Crippen LogP contribution in [0.2, 0.25) is 0 Å². The smallest absolute Gasteiger partial charge is 0.304 e. The zero-order valence-electron chi connectivity index (χ0n) is 29.5. The number of aromatic hydroxyl groups is 2. The SMILES string of the molecule is COc1cccc2c1C(=O)c1c(O)c3c(c(O)c1C2=O)C[C@@](O)(C(=O)CO)C[C@@H]3O[C@H]1C[C@H](NC(=O)CCSC(C)(C)SCCC(=O)O)[C@@H](O)[C@H](C)O1. The first-order chi connectivity index (χ1) is 24.9. The number of phenolic OH excluding ortho intramolecular Hbond substituents is 2. The number of aliphatic hydroxyl groups is 3. The molecular weight excluding hydrogens is 735 g/mol. The first kappa shape index (κ1) is 40.5. The Balaban J connectivity index is 1.41. The minimum atomic E-state index is -2.34. The highest BCUT2D eigenvalue weighted by Gasteiger charge is 2.50. The molecule has 0 unspecified atom stereocenters. The molecule has 17 heteroatoms. The molecule has 15 nitrogen and oxygen atoms in total. The van der Waals surface area contributed by atoms with Crippen LogP contribution in [0, 0.1) is 0 Å². The number of carboxylic acids is 1. The Hall–Kier alpha value is -3.71. The summed E-state index contributed by atoms with van der Waals surface area (Å²) in [5.74, 6) is -4.49. The quantitative estimate of drug-likeness (QED) is 0.0916. The number of ether oxygens (including phenoxy) is 3. The van der Waals surface area contributed by atoms with Crippen LogP contribution < -0.4 is 10.1 Å². The van der Waals surface area contributed by atoms with Crippen molar-refractivity contribution in [2.75, 3.05) is 25.2 Å². The van der Waals surface area contributed by atoms with Crippen molar-refractivity contribution in [3.8, 4) is 17.2 Å². The summed E-state index contributed by atoms with van der Waals surface area (Å²) in [5, 5.41) is 67.2. The summed E-state index contributed by atoms with van der Waals surface area (Å²) in [6, 6.07) is 3.43. The third kappa shape index (κ3) is 8.21. The van der Waals surface area contributed by atoms with E-state index in [0.29, 0.717) is 11.5 Å². The Morgan fingerprint density at radius 1 is 1.04 bits per heavy atom. The van der Waals surface area contributed by atoms with Crippen LogP contribution >= 0.6 is 23.5 Å². The lowest BCUT2D eigenvalue weighted by Crippen LogP contribution is -2.56. The van der Waals surface area contributed by atoms with Gasteiger partial charge in [0, 0.05) is 53.9 Å². The van der Waals surface area contributed by atoms with Crippen LogP contribution in [0.1, 0.15) is 95.5 Å². The number of methoxy groups -OCH3 is 1. The van der Waals surface area contributed by atoms with Crippen molar-refractivity contribution in [2.45, 2.75) is 93.2 Å². The number of ketones is 3. The molecule has 53 heavy (non-hydrogen) atoms. The van der Waals surface area contributed by atoms with Crippen molar-refractivity contribution < 1.29 is 68.8 Å². The van der Waals surface area contributed by atoms with E-state index in [1.54, 1.807) is 6.92 Å². The fourth-order valence-corrected chi connectivity index (χ4v) is 9.33. The minimum Gasteiger partial charge on any atom is -0.507 e. The van der Waals surface area contributed by atoms with Gasteiger partial charge in [-0.05, 0) is 26.8 Å². The summed E-state index contributed by atoms with van der Waals surface area (Å²) in [6.45, 7) is 4.34. The van der Waals surface area contributed by atoms with Gasteiger partial charge in [0.05, 0.1) is 52.5 Å². The summed E-state index contributed by atoms with van der Waals surface area (Å²) >= 11 is 2.95. The number of amides is 1. The van der Waals surface area contributed by atoms with E-state index in [1.165, 1.54) is 48.8 Å². The molecule has 0 saturated carbocycles. The Labute approximate surface area is 313 Å². The van der Waals surface area contributed by atoms with Crippen molar-refractivity contribution in [1.82, 2.24) is 5.32 Å². The number of aliphatic hydroxyl groups excluding tert-OH is 2. The standard InChI is InChI=1S/C36H43NO14S2/c1-16-30(43)19(37-23(40)8-10-52-35(2,3)53-11-9-24(41)42)12-25(50-16)51-21-14-36(48,22(39)15-38)13-18-27(21)34(47)29-28(32(18)45)31(44)17-6-5-7-20(49-4)26(17)33(29)46/h5-7,16,19,21,25,30,38,43,45,47-48H,8-15H2,1-4H3,(H,37,40)(H,41,42)/t16-,19-,21-,25-,30-,36-/m0/s1. The molecule has 1 saturated heterocycles. The minimum absolute atomic E-state index is 0.0201. The fraction of sp³-hybridized carbons (Fsp3) is 0.528. The van der Waals surface area contributed by atoms with E-state index in [4.69, 9.17) is 19.3 Å². The maximum atomic E-state index is 13.9. The molecule has 7 N–H and O–H groups in total. The summed E-state index contributed by atoms with van der Waals surface area (Å²) < 4.78 is 17.1. The van der Waals surface area contributed by atoms with Crippen LogP contribution in [-0.2, 0) is 30.3 Å². The number of rotatable bonds is 14. The molecule has 0 spiro atoms. The molecule has 1 heterocycles. The second-order valence-corrected chi connectivity index (χ2v) is 17.4. The van der Waals surface area contributed by atoms with Gasteiger partial charge >= 0.3 is 5.97 Å². The van der Waals surface area contributed by atoms with Crippen molar-refractivity contribution >= 4 is 52.7 Å². The molecule has 1 amide bonds. The van der Waals surface area contributed by atoms with E-state index in [1.807, 2.05) is 13.8 Å². The molecule has 3 aliphatic rings. The molecule has 1 aliphatic heterocycles. The molecule has 0 radical (unpaired) electrons. The average Bonchev–Trinajstić information content (AvgIpc) is 3.09. The monoisotopic (exact) mass is 777 g/mol. The molecule has 5 rings (SSSR count). The number of nitrogens with one attached hydrogen (secondary N) is 1. The molecule has 0 aromatic heterocycles. The number of carbonyl (C=O) groups is 5. The average molecular weight is 778 g/mol. The second kappa shape index (κ2) is 15.9. The van der Waals surface area contributed by atoms with Crippen molar-refractivity contribution in [3.05, 3.63) is 51.6 Å². The van der Waals surface area contributed by atoms with Gasteiger partial charge in [0.2, 0.25) is 11.7 Å². The molecule has 2 aliphatic carbocycles. The molecule has 288 valence electrons. The lowest BCUT2D eigenvalue weighted by molar-refractivity contribution is -0.249. The lowest BCUT2D eigenvalue weighted by atomic mass is 9.72. The number of hydrogen-bond acceptors (Lipinski definition) is 15. The second-order valence-electron chi connectivity index (χ2n) is 13.7. The number of thioether (sulfide) groups is 2. The number of phenols is 2. The number of carbonyl (C=O) groups excluding carboxylic acids is 4. The van der Waals surface area contributed by atoms with Gasteiger partial charge in [0.25, 0.3) is 0 Å². The Bertz CT molecular complexity index is 1810. The third-order valence-corrected chi connectivity index (χ3v) is 12.6. The number of aliphatic carboxylic acids is 1. The Morgan fingerprint density at radius 2 is 1.70 bits per heavy atom. The summed E-state index contributed by atoms with van der Waals surface area (Å²) in [7, 11) is 1.31. The Kier molecular flexibility index (Phi) is 12.2.